The molecule has 2 aromatic rings. The van der Waals surface area contributed by atoms with E-state index in [1.807, 2.05) is 6.07 Å². The number of nitriles is 1. The predicted molar refractivity (Wildman–Crippen MR) is 79.8 cm³/mol. The van der Waals surface area contributed by atoms with Crippen molar-refractivity contribution >= 4 is 10.0 Å². The summed E-state index contributed by atoms with van der Waals surface area (Å²) >= 11 is 0. The van der Waals surface area contributed by atoms with Crippen LogP contribution in [0.4, 0.5) is 0 Å². The van der Waals surface area contributed by atoms with Crippen LogP contribution in [0.15, 0.2) is 41.6 Å². The van der Waals surface area contributed by atoms with Gasteiger partial charge in [-0.3, -0.25) is 4.68 Å². The summed E-state index contributed by atoms with van der Waals surface area (Å²) in [5, 5.41) is 12.8. The summed E-state index contributed by atoms with van der Waals surface area (Å²) in [6.07, 6.45) is 2.77. The zero-order valence-electron chi connectivity index (χ0n) is 12.3. The molecule has 0 unspecified atom stereocenters. The number of nitrogens with zero attached hydrogens (tertiary/aromatic N) is 4. The SMILES string of the molecule is CN(C)S(=O)(=O)c1cnn(CCOc2cccc(C#N)c2)c1. The first kappa shape index (κ1) is 16.0. The van der Waals surface area contributed by atoms with Crippen molar-refractivity contribution in [3.63, 3.8) is 0 Å². The number of rotatable bonds is 6. The number of aromatic nitrogens is 2. The second-order valence-corrected chi connectivity index (χ2v) is 6.87. The zero-order valence-corrected chi connectivity index (χ0v) is 13.1. The molecule has 0 aliphatic rings. The molecule has 0 saturated carbocycles. The van der Waals surface area contributed by atoms with E-state index in [4.69, 9.17) is 10.00 Å². The molecule has 0 saturated heterocycles. The van der Waals surface area contributed by atoms with E-state index in [1.165, 1.54) is 31.2 Å². The molecular formula is C14H16N4O3S. The molecule has 0 amide bonds. The summed E-state index contributed by atoms with van der Waals surface area (Å²) in [6.45, 7) is 0.720. The fourth-order valence-corrected chi connectivity index (χ4v) is 2.58. The van der Waals surface area contributed by atoms with E-state index in [9.17, 15) is 8.42 Å². The highest BCUT2D eigenvalue weighted by molar-refractivity contribution is 7.89. The van der Waals surface area contributed by atoms with Gasteiger partial charge in [0.25, 0.3) is 0 Å². The van der Waals surface area contributed by atoms with Crippen LogP contribution in [-0.2, 0) is 16.6 Å². The highest BCUT2D eigenvalue weighted by atomic mass is 32.2. The van der Waals surface area contributed by atoms with Crippen molar-refractivity contribution in [2.75, 3.05) is 20.7 Å². The lowest BCUT2D eigenvalue weighted by molar-refractivity contribution is 0.291. The van der Waals surface area contributed by atoms with Crippen molar-refractivity contribution in [1.82, 2.24) is 14.1 Å². The van der Waals surface area contributed by atoms with E-state index in [0.717, 1.165) is 4.31 Å². The first-order valence-electron chi connectivity index (χ1n) is 6.51. The van der Waals surface area contributed by atoms with Gasteiger partial charge in [-0.2, -0.15) is 10.4 Å². The summed E-state index contributed by atoms with van der Waals surface area (Å²) in [6, 6.07) is 8.87. The molecule has 116 valence electrons. The Bertz CT molecular complexity index is 790. The van der Waals surface area contributed by atoms with Gasteiger partial charge < -0.3 is 4.74 Å². The molecule has 22 heavy (non-hydrogen) atoms. The van der Waals surface area contributed by atoms with Gasteiger partial charge in [0.05, 0.1) is 24.4 Å². The van der Waals surface area contributed by atoms with Gasteiger partial charge in [0, 0.05) is 20.3 Å². The predicted octanol–water partition coefficient (Wildman–Crippen LogP) is 1.08. The molecule has 7 nitrogen and oxygen atoms in total. The monoisotopic (exact) mass is 320 g/mol. The lowest BCUT2D eigenvalue weighted by atomic mass is 10.2. The second-order valence-electron chi connectivity index (χ2n) is 4.71. The molecule has 0 N–H and O–H groups in total. The van der Waals surface area contributed by atoms with Crippen LogP contribution in [0.1, 0.15) is 5.56 Å². The van der Waals surface area contributed by atoms with Crippen LogP contribution in [0.5, 0.6) is 5.75 Å². The third-order valence-corrected chi connectivity index (χ3v) is 4.71. The number of benzene rings is 1. The van der Waals surface area contributed by atoms with E-state index in [0.29, 0.717) is 24.5 Å². The maximum atomic E-state index is 11.9. The van der Waals surface area contributed by atoms with Gasteiger partial charge in [-0.1, -0.05) is 6.07 Å². The average Bonchev–Trinajstić information content (AvgIpc) is 2.97. The molecule has 1 aromatic carbocycles. The minimum Gasteiger partial charge on any atom is -0.492 e. The average molecular weight is 320 g/mol. The number of ether oxygens (including phenoxy) is 1. The smallest absolute Gasteiger partial charge is 0.245 e. The molecule has 0 atom stereocenters. The third kappa shape index (κ3) is 3.63. The molecule has 2 rings (SSSR count). The highest BCUT2D eigenvalue weighted by Gasteiger charge is 2.19. The van der Waals surface area contributed by atoms with Crippen LogP contribution in [0, 0.1) is 11.3 Å². The quantitative estimate of drug-likeness (QED) is 0.795. The summed E-state index contributed by atoms with van der Waals surface area (Å²) in [5.41, 5.74) is 0.524. The van der Waals surface area contributed by atoms with Crippen molar-refractivity contribution < 1.29 is 13.2 Å². The van der Waals surface area contributed by atoms with Crippen LogP contribution < -0.4 is 4.74 Å². The van der Waals surface area contributed by atoms with E-state index >= 15 is 0 Å². The van der Waals surface area contributed by atoms with Gasteiger partial charge in [0.1, 0.15) is 17.3 Å². The first-order chi connectivity index (χ1) is 10.4. The molecule has 0 bridgehead atoms. The van der Waals surface area contributed by atoms with E-state index < -0.39 is 10.0 Å². The Hall–Kier alpha value is -2.37. The van der Waals surface area contributed by atoms with Gasteiger partial charge in [-0.05, 0) is 18.2 Å². The number of sulfonamides is 1. The standard InChI is InChI=1S/C14H16N4O3S/c1-17(2)22(19,20)14-10-16-18(11-14)6-7-21-13-5-3-4-12(8-13)9-15/h3-5,8,10-11H,6-7H2,1-2H3. The molecule has 0 radical (unpaired) electrons. The van der Waals surface area contributed by atoms with Crippen LogP contribution in [0.3, 0.4) is 0 Å². The van der Waals surface area contributed by atoms with Crippen LogP contribution in [-0.4, -0.2) is 43.2 Å². The van der Waals surface area contributed by atoms with E-state index in [-0.39, 0.29) is 4.90 Å². The fraction of sp³-hybridized carbons (Fsp3) is 0.286. The van der Waals surface area contributed by atoms with E-state index in [1.54, 1.807) is 24.3 Å². The second kappa shape index (κ2) is 6.60. The fourth-order valence-electron chi connectivity index (χ4n) is 1.72. The lowest BCUT2D eigenvalue weighted by Gasteiger charge is -2.08. The van der Waals surface area contributed by atoms with Crippen LogP contribution >= 0.6 is 0 Å². The normalized spacial score (nSPS) is 11.4. The molecule has 0 aliphatic carbocycles. The number of hydrogen-bond acceptors (Lipinski definition) is 5. The van der Waals surface area contributed by atoms with Gasteiger partial charge in [-0.15, -0.1) is 0 Å². The van der Waals surface area contributed by atoms with Gasteiger partial charge in [0.15, 0.2) is 0 Å². The topological polar surface area (TPSA) is 88.2 Å². The summed E-state index contributed by atoms with van der Waals surface area (Å²) in [7, 11) is -0.529. The van der Waals surface area contributed by atoms with Gasteiger partial charge >= 0.3 is 0 Å². The van der Waals surface area contributed by atoms with Crippen LogP contribution in [0.2, 0.25) is 0 Å². The summed E-state index contributed by atoms with van der Waals surface area (Å²) < 4.78 is 32.0. The minimum atomic E-state index is -3.47. The molecule has 1 heterocycles. The largest absolute Gasteiger partial charge is 0.492 e. The summed E-state index contributed by atoms with van der Waals surface area (Å²) in [5.74, 6) is 0.590. The third-order valence-electron chi connectivity index (χ3n) is 2.94. The van der Waals surface area contributed by atoms with Crippen molar-refractivity contribution in [1.29, 1.82) is 5.26 Å². The Labute approximate surface area is 129 Å². The van der Waals surface area contributed by atoms with Crippen molar-refractivity contribution in [2.45, 2.75) is 11.4 Å². The van der Waals surface area contributed by atoms with Crippen molar-refractivity contribution in [3.8, 4) is 11.8 Å². The Morgan fingerprint density at radius 1 is 1.41 bits per heavy atom. The lowest BCUT2D eigenvalue weighted by Crippen LogP contribution is -2.21. The van der Waals surface area contributed by atoms with Crippen LogP contribution in [0.25, 0.3) is 0 Å². The van der Waals surface area contributed by atoms with E-state index in [2.05, 4.69) is 5.10 Å². The zero-order chi connectivity index (χ0) is 16.2. The first-order valence-corrected chi connectivity index (χ1v) is 7.95. The molecule has 0 fully saturated rings. The molecule has 8 heteroatoms. The Morgan fingerprint density at radius 3 is 2.86 bits per heavy atom. The summed E-state index contributed by atoms with van der Waals surface area (Å²) in [4.78, 5) is 0.143. The Kier molecular flexibility index (Phi) is 4.80. The molecule has 1 aromatic heterocycles. The Balaban J connectivity index is 1.96. The maximum Gasteiger partial charge on any atom is 0.245 e. The van der Waals surface area contributed by atoms with Crippen molar-refractivity contribution in [2.24, 2.45) is 0 Å². The molecule has 0 aliphatic heterocycles. The van der Waals surface area contributed by atoms with Gasteiger partial charge in [0.2, 0.25) is 10.0 Å². The Morgan fingerprint density at radius 2 is 2.18 bits per heavy atom. The van der Waals surface area contributed by atoms with Gasteiger partial charge in [-0.25, -0.2) is 12.7 Å². The minimum absolute atomic E-state index is 0.143. The number of hydrogen-bond donors (Lipinski definition) is 0. The maximum absolute atomic E-state index is 11.9. The van der Waals surface area contributed by atoms with Crippen molar-refractivity contribution in [3.05, 3.63) is 42.2 Å². The molecular weight excluding hydrogens is 304 g/mol. The molecule has 0 spiro atoms. The highest BCUT2D eigenvalue weighted by Crippen LogP contribution is 2.13.